The molecule has 0 aliphatic carbocycles. The Balaban J connectivity index is 2.53. The monoisotopic (exact) mass is 200 g/mol. The predicted molar refractivity (Wildman–Crippen MR) is 50.9 cm³/mol. The van der Waals surface area contributed by atoms with Gasteiger partial charge in [-0.1, -0.05) is 0 Å². The van der Waals surface area contributed by atoms with Crippen molar-refractivity contribution in [1.82, 2.24) is 9.55 Å². The molecule has 1 unspecified atom stereocenters. The zero-order chi connectivity index (χ0) is 10.4. The summed E-state index contributed by atoms with van der Waals surface area (Å²) in [6.07, 6.45) is 3.44. The molecule has 1 aromatic rings. The molecule has 0 aliphatic heterocycles. The zero-order valence-electron chi connectivity index (χ0n) is 8.26. The number of aromatic nitrogens is 2. The molecule has 5 heteroatoms. The fraction of sp³-hybridized carbons (Fsp3) is 0.667. The summed E-state index contributed by atoms with van der Waals surface area (Å²) >= 11 is 0. The minimum atomic E-state index is -0.731. The Hall–Kier alpha value is -0.910. The quantitative estimate of drug-likeness (QED) is 0.645. The van der Waals surface area contributed by atoms with Gasteiger partial charge in [0.1, 0.15) is 5.82 Å². The van der Waals surface area contributed by atoms with Crippen LogP contribution in [0.15, 0.2) is 12.4 Å². The maximum atomic E-state index is 9.25. The van der Waals surface area contributed by atoms with E-state index in [2.05, 4.69) is 4.98 Å². The minimum Gasteiger partial charge on any atom is -0.394 e. The van der Waals surface area contributed by atoms with Crippen molar-refractivity contribution in [1.29, 1.82) is 0 Å². The van der Waals surface area contributed by atoms with Crippen LogP contribution in [0.2, 0.25) is 0 Å². The molecular formula is C9H16N2O3. The molecule has 1 rings (SSSR count). The highest BCUT2D eigenvalue weighted by molar-refractivity contribution is 4.93. The Morgan fingerprint density at radius 2 is 2.43 bits per heavy atom. The molecular weight excluding hydrogens is 184 g/mol. The summed E-state index contributed by atoms with van der Waals surface area (Å²) < 4.78 is 6.76. The first-order chi connectivity index (χ1) is 6.77. The van der Waals surface area contributed by atoms with Crippen molar-refractivity contribution >= 4 is 0 Å². The number of aliphatic hydroxyl groups is 2. The van der Waals surface area contributed by atoms with Gasteiger partial charge in [0, 0.05) is 25.9 Å². The Bertz CT molecular complexity index is 262. The number of hydrogen-bond donors (Lipinski definition) is 2. The third-order valence-electron chi connectivity index (χ3n) is 1.95. The number of methoxy groups -OCH3 is 1. The second kappa shape index (κ2) is 5.74. The minimum absolute atomic E-state index is 0.234. The van der Waals surface area contributed by atoms with Crippen molar-refractivity contribution in [3.8, 4) is 0 Å². The number of imidazole rings is 1. The summed E-state index contributed by atoms with van der Waals surface area (Å²) in [5.74, 6) is 0.861. The van der Waals surface area contributed by atoms with Gasteiger partial charge in [-0.15, -0.1) is 0 Å². The van der Waals surface area contributed by atoms with Gasteiger partial charge in [-0.05, 0) is 0 Å². The van der Waals surface area contributed by atoms with Crippen molar-refractivity contribution < 1.29 is 14.9 Å². The maximum Gasteiger partial charge on any atom is 0.111 e. The lowest BCUT2D eigenvalue weighted by atomic mass is 10.3. The standard InChI is InChI=1S/C9H16N2O3/c1-14-5-2-9-10-3-4-11(9)6-8(13)7-12/h3-4,8,12-13H,2,5-7H2,1H3. The highest BCUT2D eigenvalue weighted by Gasteiger charge is 2.07. The lowest BCUT2D eigenvalue weighted by molar-refractivity contribution is 0.0801. The molecule has 1 atom stereocenters. The Morgan fingerprint density at radius 1 is 1.64 bits per heavy atom. The van der Waals surface area contributed by atoms with E-state index in [9.17, 15) is 5.11 Å². The lowest BCUT2D eigenvalue weighted by Gasteiger charge is -2.10. The summed E-state index contributed by atoms with van der Waals surface area (Å²) in [6.45, 7) is 0.740. The molecule has 0 amide bonds. The van der Waals surface area contributed by atoms with Gasteiger partial charge in [0.05, 0.1) is 25.9 Å². The average molecular weight is 200 g/mol. The third kappa shape index (κ3) is 3.10. The van der Waals surface area contributed by atoms with Crippen molar-refractivity contribution in [2.24, 2.45) is 0 Å². The maximum absolute atomic E-state index is 9.25. The van der Waals surface area contributed by atoms with Crippen LogP contribution in [-0.4, -0.2) is 46.2 Å². The van der Waals surface area contributed by atoms with Crippen molar-refractivity contribution in [2.75, 3.05) is 20.3 Å². The van der Waals surface area contributed by atoms with Gasteiger partial charge in [-0.25, -0.2) is 4.98 Å². The van der Waals surface area contributed by atoms with Crippen LogP contribution in [-0.2, 0) is 17.7 Å². The SMILES string of the molecule is COCCc1nccn1CC(O)CO. The highest BCUT2D eigenvalue weighted by Crippen LogP contribution is 2.01. The number of aliphatic hydroxyl groups excluding tert-OH is 2. The average Bonchev–Trinajstić information content (AvgIpc) is 2.62. The van der Waals surface area contributed by atoms with Crippen LogP contribution in [0, 0.1) is 0 Å². The molecule has 0 aromatic carbocycles. The molecule has 1 aromatic heterocycles. The van der Waals surface area contributed by atoms with Gasteiger partial charge >= 0.3 is 0 Å². The van der Waals surface area contributed by atoms with Crippen LogP contribution in [0.25, 0.3) is 0 Å². The van der Waals surface area contributed by atoms with Crippen LogP contribution in [0.5, 0.6) is 0 Å². The summed E-state index contributed by atoms with van der Waals surface area (Å²) in [7, 11) is 1.63. The summed E-state index contributed by atoms with van der Waals surface area (Å²) in [4.78, 5) is 4.13. The van der Waals surface area contributed by atoms with Crippen LogP contribution in [0.1, 0.15) is 5.82 Å². The van der Waals surface area contributed by atoms with E-state index in [0.717, 1.165) is 5.82 Å². The predicted octanol–water partition coefficient (Wildman–Crippen LogP) is -0.575. The van der Waals surface area contributed by atoms with E-state index in [1.807, 2.05) is 4.57 Å². The van der Waals surface area contributed by atoms with Gasteiger partial charge in [0.15, 0.2) is 0 Å². The van der Waals surface area contributed by atoms with Gasteiger partial charge in [0.2, 0.25) is 0 Å². The molecule has 0 saturated heterocycles. The molecule has 0 bridgehead atoms. The molecule has 14 heavy (non-hydrogen) atoms. The fourth-order valence-electron chi connectivity index (χ4n) is 1.21. The zero-order valence-corrected chi connectivity index (χ0v) is 8.26. The summed E-state index contributed by atoms with van der Waals surface area (Å²) in [6, 6.07) is 0. The molecule has 1 heterocycles. The van der Waals surface area contributed by atoms with Crippen LogP contribution < -0.4 is 0 Å². The Labute approximate surface area is 83.0 Å². The fourth-order valence-corrected chi connectivity index (χ4v) is 1.21. The second-order valence-corrected chi connectivity index (χ2v) is 3.08. The van der Waals surface area contributed by atoms with E-state index in [4.69, 9.17) is 9.84 Å². The van der Waals surface area contributed by atoms with E-state index in [1.54, 1.807) is 19.5 Å². The summed E-state index contributed by atoms with van der Waals surface area (Å²) in [5, 5.41) is 17.9. The Morgan fingerprint density at radius 3 is 3.07 bits per heavy atom. The van der Waals surface area contributed by atoms with Crippen LogP contribution in [0.3, 0.4) is 0 Å². The second-order valence-electron chi connectivity index (χ2n) is 3.08. The van der Waals surface area contributed by atoms with Crippen LogP contribution >= 0.6 is 0 Å². The first-order valence-electron chi connectivity index (χ1n) is 4.55. The van der Waals surface area contributed by atoms with E-state index < -0.39 is 6.10 Å². The topological polar surface area (TPSA) is 67.5 Å². The van der Waals surface area contributed by atoms with Crippen LogP contribution in [0.4, 0.5) is 0 Å². The normalized spacial score (nSPS) is 13.1. The smallest absolute Gasteiger partial charge is 0.111 e. The molecule has 0 saturated carbocycles. The molecule has 0 aliphatic rings. The van der Waals surface area contributed by atoms with Crippen molar-refractivity contribution in [2.45, 2.75) is 19.1 Å². The molecule has 5 nitrogen and oxygen atoms in total. The Kier molecular flexibility index (Phi) is 4.58. The number of hydrogen-bond acceptors (Lipinski definition) is 4. The molecule has 0 fully saturated rings. The van der Waals surface area contributed by atoms with Gasteiger partial charge in [-0.2, -0.15) is 0 Å². The molecule has 2 N–H and O–H groups in total. The van der Waals surface area contributed by atoms with Gasteiger partial charge in [0.25, 0.3) is 0 Å². The molecule has 0 radical (unpaired) electrons. The van der Waals surface area contributed by atoms with E-state index in [-0.39, 0.29) is 6.61 Å². The lowest BCUT2D eigenvalue weighted by Crippen LogP contribution is -2.21. The van der Waals surface area contributed by atoms with E-state index in [1.165, 1.54) is 0 Å². The summed E-state index contributed by atoms with van der Waals surface area (Å²) in [5.41, 5.74) is 0. The highest BCUT2D eigenvalue weighted by atomic mass is 16.5. The first-order valence-corrected chi connectivity index (χ1v) is 4.55. The van der Waals surface area contributed by atoms with E-state index in [0.29, 0.717) is 19.6 Å². The largest absolute Gasteiger partial charge is 0.394 e. The number of nitrogens with zero attached hydrogens (tertiary/aromatic N) is 2. The molecule has 0 spiro atoms. The van der Waals surface area contributed by atoms with Crippen molar-refractivity contribution in [3.05, 3.63) is 18.2 Å². The van der Waals surface area contributed by atoms with E-state index >= 15 is 0 Å². The first kappa shape index (κ1) is 11.2. The van der Waals surface area contributed by atoms with Gasteiger partial charge < -0.3 is 19.5 Å². The number of ether oxygens (including phenoxy) is 1. The molecule has 80 valence electrons. The number of rotatable bonds is 6. The third-order valence-corrected chi connectivity index (χ3v) is 1.95. The van der Waals surface area contributed by atoms with Gasteiger partial charge in [-0.3, -0.25) is 0 Å². The van der Waals surface area contributed by atoms with Crippen molar-refractivity contribution in [3.63, 3.8) is 0 Å².